The van der Waals surface area contributed by atoms with Crippen LogP contribution in [0, 0.1) is 23.7 Å². The summed E-state index contributed by atoms with van der Waals surface area (Å²) in [6, 6.07) is 2.89. The third kappa shape index (κ3) is 2.86. The Morgan fingerprint density at radius 2 is 1.84 bits per heavy atom. The summed E-state index contributed by atoms with van der Waals surface area (Å²) in [5.74, 6) is -1.38. The van der Waals surface area contributed by atoms with Crippen LogP contribution in [0.15, 0.2) is 23.8 Å². The van der Waals surface area contributed by atoms with Crippen molar-refractivity contribution in [3.63, 3.8) is 0 Å². The van der Waals surface area contributed by atoms with E-state index in [1.54, 1.807) is 19.9 Å². The Bertz CT molecular complexity index is 977. The summed E-state index contributed by atoms with van der Waals surface area (Å²) in [7, 11) is 1.45. The maximum absolute atomic E-state index is 12.8. The van der Waals surface area contributed by atoms with Crippen molar-refractivity contribution >= 4 is 5.97 Å². The zero-order chi connectivity index (χ0) is 23.9. The average Bonchev–Trinajstić information content (AvgIpc) is 2.87. The van der Waals surface area contributed by atoms with Gasteiger partial charge in [-0.25, -0.2) is 4.79 Å². The molecule has 0 aliphatic heterocycles. The Balaban J connectivity index is 1.66. The van der Waals surface area contributed by atoms with Crippen LogP contribution in [0.5, 0.6) is 11.5 Å². The van der Waals surface area contributed by atoms with Gasteiger partial charge in [-0.15, -0.1) is 0 Å². The number of methoxy groups -OCH3 is 1. The van der Waals surface area contributed by atoms with Gasteiger partial charge in [0, 0.05) is 23.0 Å². The first-order chi connectivity index (χ1) is 14.7. The number of esters is 1. The van der Waals surface area contributed by atoms with Crippen LogP contribution in [0.2, 0.25) is 0 Å². The molecule has 8 heteroatoms. The highest BCUT2D eigenvalue weighted by Crippen LogP contribution is 2.69. The van der Waals surface area contributed by atoms with Crippen LogP contribution in [0.4, 0.5) is 0 Å². The fraction of sp³-hybridized carbons (Fsp3) is 0.625. The minimum atomic E-state index is -1.75. The number of hydrogen-bond donors (Lipinski definition) is 5. The van der Waals surface area contributed by atoms with Crippen LogP contribution in [-0.2, 0) is 4.74 Å². The smallest absolute Gasteiger partial charge is 0.342 e. The highest BCUT2D eigenvalue weighted by atomic mass is 16.5. The molecule has 1 aromatic carbocycles. The molecule has 3 aliphatic carbocycles. The van der Waals surface area contributed by atoms with Gasteiger partial charge in [-0.05, 0) is 42.9 Å². The molecule has 0 aromatic heterocycles. The lowest BCUT2D eigenvalue weighted by Crippen LogP contribution is -2.75. The van der Waals surface area contributed by atoms with E-state index < -0.39 is 46.1 Å². The summed E-state index contributed by atoms with van der Waals surface area (Å²) in [5.41, 5.74) is -4.13. The predicted molar refractivity (Wildman–Crippen MR) is 114 cm³/mol. The fourth-order valence-electron chi connectivity index (χ4n) is 6.51. The molecule has 0 bridgehead atoms. The van der Waals surface area contributed by atoms with E-state index in [1.807, 2.05) is 13.8 Å². The molecule has 0 radical (unpaired) electrons. The van der Waals surface area contributed by atoms with Gasteiger partial charge < -0.3 is 35.0 Å². The molecule has 1 unspecified atom stereocenters. The number of benzene rings is 1. The number of fused-ring (bicyclic) bond motifs is 3. The van der Waals surface area contributed by atoms with Gasteiger partial charge in [0.05, 0.1) is 24.9 Å². The Kier molecular flexibility index (Phi) is 4.99. The molecule has 8 nitrogen and oxygen atoms in total. The maximum atomic E-state index is 12.8. The van der Waals surface area contributed by atoms with Gasteiger partial charge in [0.25, 0.3) is 0 Å². The van der Waals surface area contributed by atoms with E-state index in [1.165, 1.54) is 19.3 Å². The van der Waals surface area contributed by atoms with Crippen molar-refractivity contribution < 1.29 is 39.8 Å². The van der Waals surface area contributed by atoms with Gasteiger partial charge in [-0.2, -0.15) is 0 Å². The summed E-state index contributed by atoms with van der Waals surface area (Å²) in [6.45, 7) is 6.71. The van der Waals surface area contributed by atoms with Crippen molar-refractivity contribution in [2.24, 2.45) is 16.7 Å². The number of carbonyl (C=O) groups excluding carboxylic acids is 1. The number of aliphatic hydroxyl groups is 4. The van der Waals surface area contributed by atoms with Gasteiger partial charge in [0.2, 0.25) is 0 Å². The first kappa shape index (κ1) is 23.0. The van der Waals surface area contributed by atoms with E-state index >= 15 is 0 Å². The number of aromatic hydroxyl groups is 1. The number of carbonyl (C=O) groups is 1. The van der Waals surface area contributed by atoms with Crippen LogP contribution >= 0.6 is 0 Å². The molecule has 2 fully saturated rings. The minimum Gasteiger partial charge on any atom is -0.507 e. The quantitative estimate of drug-likeness (QED) is 0.345. The van der Waals surface area contributed by atoms with Crippen molar-refractivity contribution in [1.82, 2.24) is 0 Å². The van der Waals surface area contributed by atoms with Gasteiger partial charge in [0.1, 0.15) is 29.3 Å². The first-order valence-corrected chi connectivity index (χ1v) is 10.8. The van der Waals surface area contributed by atoms with Crippen LogP contribution in [-0.4, -0.2) is 68.6 Å². The fourth-order valence-corrected chi connectivity index (χ4v) is 6.51. The lowest BCUT2D eigenvalue weighted by molar-refractivity contribution is -0.276. The lowest BCUT2D eigenvalue weighted by Gasteiger charge is -2.66. The molecule has 0 spiro atoms. The highest BCUT2D eigenvalue weighted by Gasteiger charge is 2.76. The predicted octanol–water partition coefficient (Wildman–Crippen LogP) is 1.45. The summed E-state index contributed by atoms with van der Waals surface area (Å²) >= 11 is 0. The SMILES string of the molecule is COc1cc(C)c(C(=O)OCC2=C[C@]3(O)CC(C)(C)[C@H](O)C3[C@@]3(C)C[C@@H](O)[C@@]23O)c(O)c1. The summed E-state index contributed by atoms with van der Waals surface area (Å²) in [4.78, 5) is 12.8. The normalized spacial score (nSPS) is 39.4. The number of hydrogen-bond acceptors (Lipinski definition) is 8. The van der Waals surface area contributed by atoms with E-state index in [-0.39, 0.29) is 36.3 Å². The van der Waals surface area contributed by atoms with Crippen molar-refractivity contribution in [2.45, 2.75) is 63.9 Å². The van der Waals surface area contributed by atoms with Crippen molar-refractivity contribution in [2.75, 3.05) is 13.7 Å². The minimum absolute atomic E-state index is 0.0277. The molecule has 176 valence electrons. The number of ether oxygens (including phenoxy) is 2. The monoisotopic (exact) mass is 448 g/mol. The molecule has 0 amide bonds. The second-order valence-corrected chi connectivity index (χ2v) is 10.6. The van der Waals surface area contributed by atoms with Gasteiger partial charge in [-0.1, -0.05) is 20.8 Å². The Hall–Kier alpha value is -2.13. The van der Waals surface area contributed by atoms with E-state index in [4.69, 9.17) is 9.47 Å². The van der Waals surface area contributed by atoms with Crippen molar-refractivity contribution in [3.05, 3.63) is 34.9 Å². The maximum Gasteiger partial charge on any atom is 0.342 e. The molecule has 32 heavy (non-hydrogen) atoms. The third-order valence-electron chi connectivity index (χ3n) is 8.05. The topological polar surface area (TPSA) is 137 Å². The zero-order valence-electron chi connectivity index (χ0n) is 19.0. The van der Waals surface area contributed by atoms with Gasteiger partial charge in [0.15, 0.2) is 0 Å². The molecular weight excluding hydrogens is 416 g/mol. The molecule has 6 atom stereocenters. The molecule has 4 rings (SSSR count). The Morgan fingerprint density at radius 1 is 1.19 bits per heavy atom. The van der Waals surface area contributed by atoms with Crippen molar-refractivity contribution in [1.29, 1.82) is 0 Å². The molecule has 0 saturated heterocycles. The van der Waals surface area contributed by atoms with E-state index in [2.05, 4.69) is 0 Å². The molecular formula is C24H32O8. The van der Waals surface area contributed by atoms with Crippen LogP contribution in [0.1, 0.15) is 49.5 Å². The third-order valence-corrected chi connectivity index (χ3v) is 8.05. The molecule has 3 aliphatic rings. The van der Waals surface area contributed by atoms with E-state index in [0.717, 1.165) is 0 Å². The molecule has 5 N–H and O–H groups in total. The number of phenolic OH excluding ortho intramolecular Hbond substituents is 1. The Morgan fingerprint density at radius 3 is 2.41 bits per heavy atom. The Labute approximate surface area is 187 Å². The van der Waals surface area contributed by atoms with Crippen LogP contribution < -0.4 is 4.74 Å². The van der Waals surface area contributed by atoms with Crippen LogP contribution in [0.3, 0.4) is 0 Å². The highest BCUT2D eigenvalue weighted by molar-refractivity contribution is 5.94. The first-order valence-electron chi connectivity index (χ1n) is 10.8. The second kappa shape index (κ2) is 6.93. The largest absolute Gasteiger partial charge is 0.507 e. The molecule has 1 aromatic rings. The zero-order valence-corrected chi connectivity index (χ0v) is 19.0. The number of aliphatic hydroxyl groups excluding tert-OH is 2. The molecule has 0 heterocycles. The summed E-state index contributed by atoms with van der Waals surface area (Å²) in [5, 5.41) is 54.8. The molecule has 2 saturated carbocycles. The van der Waals surface area contributed by atoms with Crippen LogP contribution in [0.25, 0.3) is 0 Å². The van der Waals surface area contributed by atoms with E-state index in [0.29, 0.717) is 11.3 Å². The van der Waals surface area contributed by atoms with Crippen molar-refractivity contribution in [3.8, 4) is 11.5 Å². The van der Waals surface area contributed by atoms with E-state index in [9.17, 15) is 30.3 Å². The second-order valence-electron chi connectivity index (χ2n) is 10.6. The lowest BCUT2D eigenvalue weighted by atomic mass is 9.43. The average molecular weight is 449 g/mol. The van der Waals surface area contributed by atoms with Gasteiger partial charge >= 0.3 is 5.97 Å². The number of phenols is 1. The number of aryl methyl sites for hydroxylation is 1. The standard InChI is InChI=1S/C24H32O8/c1-12-6-14(31-5)7-15(25)17(12)20(28)32-10-13-8-23(29)11-21(2,3)19(27)18(23)22(4)9-16(26)24(13,22)30/h6-8,16,18-19,25-27,29-30H,9-11H2,1-5H3/t16-,18?,19-,22-,23+,24+/m1/s1. The summed E-state index contributed by atoms with van der Waals surface area (Å²) < 4.78 is 10.5. The summed E-state index contributed by atoms with van der Waals surface area (Å²) in [6.07, 6.45) is -0.0744. The van der Waals surface area contributed by atoms with Gasteiger partial charge in [-0.3, -0.25) is 0 Å². The number of rotatable bonds is 4.